The van der Waals surface area contributed by atoms with Crippen molar-refractivity contribution >= 4 is 23.4 Å². The molecule has 0 radical (unpaired) electrons. The lowest BCUT2D eigenvalue weighted by atomic mass is 10.0. The van der Waals surface area contributed by atoms with Crippen molar-refractivity contribution in [1.82, 2.24) is 0 Å². The Morgan fingerprint density at radius 3 is 2.13 bits per heavy atom. The summed E-state index contributed by atoms with van der Waals surface area (Å²) in [5, 5.41) is 3.02. The Morgan fingerprint density at radius 2 is 1.61 bits per heavy atom. The first-order valence-electron chi connectivity index (χ1n) is 8.20. The van der Waals surface area contributed by atoms with E-state index in [0.29, 0.717) is 0 Å². The molecule has 0 heterocycles. The van der Waals surface area contributed by atoms with Gasteiger partial charge in [0.15, 0.2) is 0 Å². The number of amides is 1. The third-order valence-corrected chi connectivity index (χ3v) is 5.06. The molecule has 3 heteroatoms. The second-order valence-corrected chi connectivity index (χ2v) is 7.13. The molecule has 2 aromatic rings. The van der Waals surface area contributed by atoms with Crippen molar-refractivity contribution in [2.75, 3.05) is 5.32 Å². The molecule has 1 amide bonds. The number of hydrogen-bond acceptors (Lipinski definition) is 2. The monoisotopic (exact) mass is 327 g/mol. The lowest BCUT2D eigenvalue weighted by Crippen LogP contribution is -2.23. The van der Waals surface area contributed by atoms with E-state index in [-0.39, 0.29) is 11.2 Å². The second kappa shape index (κ2) is 8.21. The van der Waals surface area contributed by atoms with Gasteiger partial charge in [0.25, 0.3) is 0 Å². The molecule has 0 fully saturated rings. The minimum atomic E-state index is -0.132. The highest BCUT2D eigenvalue weighted by Crippen LogP contribution is 2.27. The van der Waals surface area contributed by atoms with Gasteiger partial charge in [0.05, 0.1) is 5.25 Å². The van der Waals surface area contributed by atoms with Crippen LogP contribution in [0.3, 0.4) is 0 Å². The van der Waals surface area contributed by atoms with Gasteiger partial charge in [-0.15, -0.1) is 11.8 Å². The zero-order valence-corrected chi connectivity index (χ0v) is 15.2. The van der Waals surface area contributed by atoms with E-state index in [9.17, 15) is 4.79 Å². The van der Waals surface area contributed by atoms with Crippen molar-refractivity contribution in [2.24, 2.45) is 0 Å². The Balaban J connectivity index is 2.10. The summed E-state index contributed by atoms with van der Waals surface area (Å²) in [6.45, 7) is 8.27. The highest BCUT2D eigenvalue weighted by atomic mass is 32.2. The van der Waals surface area contributed by atoms with Gasteiger partial charge < -0.3 is 5.32 Å². The van der Waals surface area contributed by atoms with Crippen LogP contribution < -0.4 is 5.32 Å². The number of carbonyl (C=O) groups is 1. The summed E-state index contributed by atoms with van der Waals surface area (Å²) in [7, 11) is 0. The molecule has 2 aromatic carbocycles. The molecule has 1 N–H and O–H groups in total. The van der Waals surface area contributed by atoms with Crippen LogP contribution in [0.2, 0.25) is 0 Å². The molecule has 0 aliphatic rings. The van der Waals surface area contributed by atoms with Crippen molar-refractivity contribution in [1.29, 1.82) is 0 Å². The summed E-state index contributed by atoms with van der Waals surface area (Å²) >= 11 is 1.59. The van der Waals surface area contributed by atoms with Crippen LogP contribution in [0, 0.1) is 6.92 Å². The first-order valence-corrected chi connectivity index (χ1v) is 9.08. The first-order chi connectivity index (χ1) is 11.0. The van der Waals surface area contributed by atoms with Crippen LogP contribution >= 0.6 is 11.8 Å². The van der Waals surface area contributed by atoms with Crippen molar-refractivity contribution < 1.29 is 4.79 Å². The zero-order chi connectivity index (χ0) is 16.8. The summed E-state index contributed by atoms with van der Waals surface area (Å²) in [4.78, 5) is 13.7. The number of benzene rings is 2. The molecule has 0 aliphatic heterocycles. The maximum absolute atomic E-state index is 12.6. The Bertz CT molecular complexity index is 642. The highest BCUT2D eigenvalue weighted by Gasteiger charge is 2.17. The van der Waals surface area contributed by atoms with Crippen LogP contribution in [0.1, 0.15) is 37.5 Å². The predicted octanol–water partition coefficient (Wildman–Crippen LogP) is 5.24. The number of para-hydroxylation sites is 1. The van der Waals surface area contributed by atoms with Crippen LogP contribution in [-0.4, -0.2) is 11.2 Å². The number of hydrogen-bond donors (Lipinski definition) is 1. The minimum Gasteiger partial charge on any atom is -0.325 e. The molecule has 0 saturated heterocycles. The van der Waals surface area contributed by atoms with E-state index in [0.717, 1.165) is 23.4 Å². The van der Waals surface area contributed by atoms with Crippen LogP contribution in [0.15, 0.2) is 47.4 Å². The van der Waals surface area contributed by atoms with Gasteiger partial charge in [0.2, 0.25) is 5.91 Å². The summed E-state index contributed by atoms with van der Waals surface area (Å²) in [5.74, 6) is 0.0613. The van der Waals surface area contributed by atoms with E-state index >= 15 is 0 Å². The topological polar surface area (TPSA) is 29.1 Å². The Labute approximate surface area is 143 Å². The summed E-state index contributed by atoms with van der Waals surface area (Å²) in [5.41, 5.74) is 4.63. The third kappa shape index (κ3) is 4.61. The zero-order valence-electron chi connectivity index (χ0n) is 14.3. The molecular weight excluding hydrogens is 302 g/mol. The van der Waals surface area contributed by atoms with Crippen molar-refractivity contribution in [3.63, 3.8) is 0 Å². The van der Waals surface area contributed by atoms with Gasteiger partial charge in [0.1, 0.15) is 0 Å². The van der Waals surface area contributed by atoms with Crippen molar-refractivity contribution in [3.05, 3.63) is 59.2 Å². The third-order valence-electron chi connectivity index (χ3n) is 3.95. The molecule has 0 saturated carbocycles. The van der Waals surface area contributed by atoms with Gasteiger partial charge in [-0.2, -0.15) is 0 Å². The second-order valence-electron chi connectivity index (χ2n) is 5.72. The number of rotatable bonds is 6. The smallest absolute Gasteiger partial charge is 0.237 e. The van der Waals surface area contributed by atoms with E-state index in [4.69, 9.17) is 0 Å². The van der Waals surface area contributed by atoms with Gasteiger partial charge in [-0.25, -0.2) is 0 Å². The normalized spacial score (nSPS) is 12.0. The van der Waals surface area contributed by atoms with E-state index in [1.165, 1.54) is 16.7 Å². The van der Waals surface area contributed by atoms with E-state index < -0.39 is 0 Å². The molecule has 2 rings (SSSR count). The fraction of sp³-hybridized carbons (Fsp3) is 0.350. The Morgan fingerprint density at radius 1 is 1.04 bits per heavy atom. The van der Waals surface area contributed by atoms with Gasteiger partial charge in [-0.05, 0) is 49.9 Å². The maximum Gasteiger partial charge on any atom is 0.237 e. The van der Waals surface area contributed by atoms with E-state index in [2.05, 4.69) is 68.6 Å². The Kier molecular flexibility index (Phi) is 6.28. The molecule has 0 unspecified atom stereocenters. The van der Waals surface area contributed by atoms with Crippen LogP contribution in [-0.2, 0) is 17.6 Å². The number of thioether (sulfide) groups is 1. The quantitative estimate of drug-likeness (QED) is 0.735. The number of aryl methyl sites for hydroxylation is 3. The molecule has 0 aliphatic carbocycles. The lowest BCUT2D eigenvalue weighted by molar-refractivity contribution is -0.115. The number of carbonyl (C=O) groups excluding carboxylic acids is 1. The fourth-order valence-corrected chi connectivity index (χ4v) is 3.37. The van der Waals surface area contributed by atoms with Crippen molar-refractivity contribution in [2.45, 2.75) is 50.7 Å². The lowest BCUT2D eigenvalue weighted by Gasteiger charge is -2.17. The summed E-state index contributed by atoms with van der Waals surface area (Å²) in [6.07, 6.45) is 1.84. The summed E-state index contributed by atoms with van der Waals surface area (Å²) in [6, 6.07) is 14.5. The maximum atomic E-state index is 12.6. The predicted molar refractivity (Wildman–Crippen MR) is 100 cm³/mol. The molecule has 23 heavy (non-hydrogen) atoms. The van der Waals surface area contributed by atoms with Crippen molar-refractivity contribution in [3.8, 4) is 0 Å². The van der Waals surface area contributed by atoms with E-state index in [1.807, 2.05) is 6.92 Å². The first kappa shape index (κ1) is 17.6. The Hall–Kier alpha value is -1.74. The fourth-order valence-electron chi connectivity index (χ4n) is 2.50. The van der Waals surface area contributed by atoms with Gasteiger partial charge in [-0.1, -0.05) is 49.7 Å². The minimum absolute atomic E-state index is 0.0613. The number of nitrogens with one attached hydrogen (secondary N) is 1. The molecule has 0 spiro atoms. The summed E-state index contributed by atoms with van der Waals surface area (Å²) < 4.78 is 0. The molecule has 2 nitrogen and oxygen atoms in total. The highest BCUT2D eigenvalue weighted by molar-refractivity contribution is 8.00. The molecule has 0 bridgehead atoms. The SMILES string of the molecule is CCc1cccc(CC)c1NC(=O)[C@H](C)Sc1ccc(C)cc1. The van der Waals surface area contributed by atoms with Crippen LogP contribution in [0.4, 0.5) is 5.69 Å². The van der Waals surface area contributed by atoms with Crippen LogP contribution in [0.5, 0.6) is 0 Å². The largest absolute Gasteiger partial charge is 0.325 e. The molecular formula is C20H25NOS. The van der Waals surface area contributed by atoms with Gasteiger partial charge in [0, 0.05) is 10.6 Å². The average molecular weight is 327 g/mol. The van der Waals surface area contributed by atoms with Gasteiger partial charge in [-0.3, -0.25) is 4.79 Å². The van der Waals surface area contributed by atoms with E-state index in [1.54, 1.807) is 11.8 Å². The average Bonchev–Trinajstić information content (AvgIpc) is 2.56. The molecule has 1 atom stereocenters. The number of anilines is 1. The molecule has 122 valence electrons. The molecule has 0 aromatic heterocycles. The standard InChI is InChI=1S/C20H25NOS/c1-5-16-8-7-9-17(6-2)19(16)21-20(22)15(4)23-18-12-10-14(3)11-13-18/h7-13,15H,5-6H2,1-4H3,(H,21,22)/t15-/m0/s1. The van der Waals surface area contributed by atoms with Gasteiger partial charge >= 0.3 is 0 Å². The van der Waals surface area contributed by atoms with Crippen LogP contribution in [0.25, 0.3) is 0 Å².